The molecule has 3 aromatic rings. The van der Waals surface area contributed by atoms with Gasteiger partial charge >= 0.3 is 5.97 Å². The third-order valence-corrected chi connectivity index (χ3v) is 4.78. The number of carbonyl (C=O) groups excluding carboxylic acids is 1. The number of aliphatic carboxylic acids is 1. The molecule has 4 nitrogen and oxygen atoms in total. The number of rotatable bonds is 3. The van der Waals surface area contributed by atoms with Gasteiger partial charge in [0.2, 0.25) is 0 Å². The van der Waals surface area contributed by atoms with Crippen LogP contribution in [0.2, 0.25) is 0 Å². The maximum atomic E-state index is 13.3. The predicted molar refractivity (Wildman–Crippen MR) is 99.3 cm³/mol. The van der Waals surface area contributed by atoms with E-state index in [2.05, 4.69) is 0 Å². The van der Waals surface area contributed by atoms with Gasteiger partial charge in [-0.25, -0.2) is 0 Å². The molecule has 3 aromatic carbocycles. The van der Waals surface area contributed by atoms with E-state index in [1.54, 1.807) is 29.2 Å². The number of amides is 1. The molecule has 0 unspecified atom stereocenters. The van der Waals surface area contributed by atoms with E-state index in [1.807, 2.05) is 60.7 Å². The van der Waals surface area contributed by atoms with Gasteiger partial charge in [0.1, 0.15) is 5.92 Å². The first-order valence-corrected chi connectivity index (χ1v) is 8.44. The second-order valence-electron chi connectivity index (χ2n) is 6.27. The number of benzene rings is 3. The van der Waals surface area contributed by atoms with Gasteiger partial charge in [-0.05, 0) is 29.3 Å². The van der Waals surface area contributed by atoms with E-state index in [-0.39, 0.29) is 5.91 Å². The van der Waals surface area contributed by atoms with Gasteiger partial charge in [0.25, 0.3) is 5.91 Å². The number of nitrogens with zero attached hydrogens (tertiary/aromatic N) is 1. The van der Waals surface area contributed by atoms with Crippen molar-refractivity contribution in [1.82, 2.24) is 0 Å². The van der Waals surface area contributed by atoms with E-state index in [4.69, 9.17) is 0 Å². The lowest BCUT2D eigenvalue weighted by Gasteiger charge is -2.40. The molecule has 1 N–H and O–H groups in total. The maximum absolute atomic E-state index is 13.3. The van der Waals surface area contributed by atoms with Gasteiger partial charge in [-0.3, -0.25) is 14.5 Å². The fraction of sp³-hybridized carbons (Fsp3) is 0.0909. The lowest BCUT2D eigenvalue weighted by molar-refractivity contribution is -0.139. The van der Waals surface area contributed by atoms with Crippen LogP contribution in [0.15, 0.2) is 84.9 Å². The number of hydrogen-bond acceptors (Lipinski definition) is 2. The fourth-order valence-corrected chi connectivity index (χ4v) is 3.66. The van der Waals surface area contributed by atoms with E-state index < -0.39 is 17.9 Å². The van der Waals surface area contributed by atoms with Crippen molar-refractivity contribution in [2.45, 2.75) is 12.0 Å². The smallest absolute Gasteiger partial charge is 0.313 e. The van der Waals surface area contributed by atoms with Crippen molar-refractivity contribution in [3.05, 3.63) is 102 Å². The molecule has 0 saturated heterocycles. The Kier molecular flexibility index (Phi) is 4.01. The summed E-state index contributed by atoms with van der Waals surface area (Å²) in [5.74, 6) is -1.97. The highest BCUT2D eigenvalue weighted by atomic mass is 16.4. The van der Waals surface area contributed by atoms with Gasteiger partial charge in [-0.1, -0.05) is 66.7 Å². The molecular formula is C22H17NO3. The van der Waals surface area contributed by atoms with Crippen molar-refractivity contribution in [3.8, 4) is 0 Å². The highest BCUT2D eigenvalue weighted by Gasteiger charge is 2.44. The summed E-state index contributed by atoms with van der Waals surface area (Å²) in [6.45, 7) is 0. The van der Waals surface area contributed by atoms with E-state index in [0.717, 1.165) is 5.56 Å². The number of fused-ring (bicyclic) bond motifs is 1. The Hall–Kier alpha value is -3.40. The average Bonchev–Trinajstić information content (AvgIpc) is 2.69. The van der Waals surface area contributed by atoms with Crippen LogP contribution in [0, 0.1) is 0 Å². The van der Waals surface area contributed by atoms with Gasteiger partial charge in [-0.15, -0.1) is 0 Å². The molecule has 26 heavy (non-hydrogen) atoms. The average molecular weight is 343 g/mol. The Morgan fingerprint density at radius 1 is 0.808 bits per heavy atom. The summed E-state index contributed by atoms with van der Waals surface area (Å²) in [7, 11) is 0. The van der Waals surface area contributed by atoms with Crippen LogP contribution in [0.5, 0.6) is 0 Å². The molecule has 0 fully saturated rings. The fourth-order valence-electron chi connectivity index (χ4n) is 3.66. The van der Waals surface area contributed by atoms with Crippen LogP contribution in [0.1, 0.15) is 33.4 Å². The molecule has 1 aliphatic rings. The summed E-state index contributed by atoms with van der Waals surface area (Å²) in [5.41, 5.74) is 2.49. The Balaban J connectivity index is 1.99. The number of carbonyl (C=O) groups is 2. The Morgan fingerprint density at radius 3 is 2.04 bits per heavy atom. The molecule has 2 atom stereocenters. The first-order chi connectivity index (χ1) is 12.7. The summed E-state index contributed by atoms with van der Waals surface area (Å²) >= 11 is 0. The quantitative estimate of drug-likeness (QED) is 0.773. The molecule has 0 bridgehead atoms. The molecule has 0 aliphatic carbocycles. The first-order valence-electron chi connectivity index (χ1n) is 8.44. The van der Waals surface area contributed by atoms with Crippen molar-refractivity contribution in [1.29, 1.82) is 0 Å². The second-order valence-corrected chi connectivity index (χ2v) is 6.27. The predicted octanol–water partition coefficient (Wildman–Crippen LogP) is 4.26. The number of carboxylic acids is 1. The molecule has 4 heteroatoms. The monoisotopic (exact) mass is 343 g/mol. The minimum Gasteiger partial charge on any atom is -0.481 e. The van der Waals surface area contributed by atoms with E-state index >= 15 is 0 Å². The van der Waals surface area contributed by atoms with Gasteiger partial charge in [0.05, 0.1) is 6.04 Å². The van der Waals surface area contributed by atoms with Crippen molar-refractivity contribution >= 4 is 17.6 Å². The molecule has 0 aromatic heterocycles. The van der Waals surface area contributed by atoms with Crippen LogP contribution >= 0.6 is 0 Å². The summed E-state index contributed by atoms with van der Waals surface area (Å²) in [6.07, 6.45) is 0. The van der Waals surface area contributed by atoms with Crippen molar-refractivity contribution in [2.75, 3.05) is 4.90 Å². The van der Waals surface area contributed by atoms with E-state index in [0.29, 0.717) is 16.8 Å². The minimum absolute atomic E-state index is 0.182. The van der Waals surface area contributed by atoms with Gasteiger partial charge < -0.3 is 5.11 Å². The largest absolute Gasteiger partial charge is 0.481 e. The minimum atomic E-state index is -0.945. The molecule has 1 amide bonds. The molecule has 1 heterocycles. The third kappa shape index (κ3) is 2.56. The Bertz CT molecular complexity index is 953. The summed E-state index contributed by atoms with van der Waals surface area (Å²) in [6, 6.07) is 25.0. The Labute approximate surface area is 151 Å². The highest BCUT2D eigenvalue weighted by molar-refractivity contribution is 6.10. The van der Waals surface area contributed by atoms with Crippen molar-refractivity contribution in [2.24, 2.45) is 0 Å². The normalized spacial score (nSPS) is 19.1. The van der Waals surface area contributed by atoms with Crippen molar-refractivity contribution in [3.63, 3.8) is 0 Å². The maximum Gasteiger partial charge on any atom is 0.313 e. The van der Waals surface area contributed by atoms with Crippen LogP contribution in [0.3, 0.4) is 0 Å². The zero-order valence-electron chi connectivity index (χ0n) is 13.9. The van der Waals surface area contributed by atoms with E-state index in [1.165, 1.54) is 0 Å². The first kappa shape index (κ1) is 16.1. The number of hydrogen-bond donors (Lipinski definition) is 1. The van der Waals surface area contributed by atoms with Crippen molar-refractivity contribution < 1.29 is 14.7 Å². The zero-order chi connectivity index (χ0) is 18.1. The number of anilines is 1. The van der Waals surface area contributed by atoms with Crippen LogP contribution < -0.4 is 4.90 Å². The molecule has 1 aliphatic heterocycles. The molecule has 0 radical (unpaired) electrons. The second kappa shape index (κ2) is 6.48. The topological polar surface area (TPSA) is 57.6 Å². The SMILES string of the molecule is O=C(O)[C@@H]1c2ccccc2C(=O)N(c2ccccc2)[C@H]1c1ccccc1. The Morgan fingerprint density at radius 2 is 1.38 bits per heavy atom. The van der Waals surface area contributed by atoms with Gasteiger partial charge in [-0.2, -0.15) is 0 Å². The highest BCUT2D eigenvalue weighted by Crippen LogP contribution is 2.44. The molecule has 0 saturated carbocycles. The molecular weight excluding hydrogens is 326 g/mol. The summed E-state index contributed by atoms with van der Waals surface area (Å²) in [4.78, 5) is 27.2. The lowest BCUT2D eigenvalue weighted by Crippen LogP contribution is -2.45. The molecule has 0 spiro atoms. The van der Waals surface area contributed by atoms with Gasteiger partial charge in [0.15, 0.2) is 0 Å². The van der Waals surface area contributed by atoms with Crippen LogP contribution in [-0.2, 0) is 4.79 Å². The lowest BCUT2D eigenvalue weighted by atomic mass is 9.79. The van der Waals surface area contributed by atoms with Crippen LogP contribution in [0.4, 0.5) is 5.69 Å². The zero-order valence-corrected chi connectivity index (χ0v) is 13.9. The standard InChI is InChI=1S/C22H17NO3/c24-21-18-14-8-7-13-17(18)19(22(25)26)20(15-9-3-1-4-10-15)23(21)16-11-5-2-6-12-16/h1-14,19-20H,(H,25,26)/t19-,20+/m1/s1. The van der Waals surface area contributed by atoms with E-state index in [9.17, 15) is 14.7 Å². The van der Waals surface area contributed by atoms with Crippen LogP contribution in [-0.4, -0.2) is 17.0 Å². The number of carboxylic acid groups (broad SMARTS) is 1. The number of para-hydroxylation sites is 1. The van der Waals surface area contributed by atoms with Crippen LogP contribution in [0.25, 0.3) is 0 Å². The summed E-state index contributed by atoms with van der Waals surface area (Å²) < 4.78 is 0. The summed E-state index contributed by atoms with van der Waals surface area (Å²) in [5, 5.41) is 10.0. The van der Waals surface area contributed by atoms with Gasteiger partial charge in [0, 0.05) is 11.3 Å². The molecule has 4 rings (SSSR count). The molecule has 128 valence electrons. The third-order valence-electron chi connectivity index (χ3n) is 4.78.